The summed E-state index contributed by atoms with van der Waals surface area (Å²) in [5.41, 5.74) is 0.916. The van der Waals surface area contributed by atoms with Crippen molar-refractivity contribution in [2.24, 2.45) is 0 Å². The van der Waals surface area contributed by atoms with Gasteiger partial charge in [-0.3, -0.25) is 4.79 Å². The summed E-state index contributed by atoms with van der Waals surface area (Å²) in [5, 5.41) is 9.24. The minimum atomic E-state index is 0.0267. The zero-order chi connectivity index (χ0) is 10.7. The lowest BCUT2D eigenvalue weighted by Crippen LogP contribution is -2.07. The quantitative estimate of drug-likeness (QED) is 0.740. The number of hydrogen-bond donors (Lipinski definition) is 0. The monoisotopic (exact) mass is 198 g/mol. The fourth-order valence-electron chi connectivity index (χ4n) is 1.63. The molecule has 0 N–H and O–H groups in total. The van der Waals surface area contributed by atoms with E-state index < -0.39 is 0 Å². The maximum atomic E-state index is 11.5. The van der Waals surface area contributed by atoms with Gasteiger partial charge >= 0.3 is 0 Å². The fraction of sp³-hybridized carbons (Fsp3) is 0.167. The molecule has 0 unspecified atom stereocenters. The smallest absolute Gasteiger partial charge is 0.189 e. The van der Waals surface area contributed by atoms with Crippen LogP contribution in [0.2, 0.25) is 0 Å². The third-order valence-electron chi connectivity index (χ3n) is 2.35. The lowest BCUT2D eigenvalue weighted by Gasteiger charge is -2.07. The van der Waals surface area contributed by atoms with Gasteiger partial charge in [-0.25, -0.2) is 0 Å². The number of hydrogen-bond acceptors (Lipinski definition) is 2. The van der Waals surface area contributed by atoms with Crippen molar-refractivity contribution in [2.45, 2.75) is 13.0 Å². The van der Waals surface area contributed by atoms with Crippen LogP contribution in [0, 0.1) is 11.3 Å². The van der Waals surface area contributed by atoms with E-state index in [0.717, 1.165) is 5.52 Å². The zero-order valence-electron chi connectivity index (χ0n) is 8.18. The van der Waals surface area contributed by atoms with Crippen molar-refractivity contribution in [1.82, 2.24) is 4.57 Å². The van der Waals surface area contributed by atoms with Crippen LogP contribution in [0.15, 0.2) is 41.3 Å². The predicted molar refractivity (Wildman–Crippen MR) is 58.4 cm³/mol. The van der Waals surface area contributed by atoms with Crippen LogP contribution in [0.1, 0.15) is 6.42 Å². The second kappa shape index (κ2) is 3.97. The molecule has 74 valence electrons. The summed E-state index contributed by atoms with van der Waals surface area (Å²) in [6.07, 6.45) is 2.19. The number of pyridine rings is 1. The highest BCUT2D eigenvalue weighted by Gasteiger charge is 2.00. The Morgan fingerprint density at radius 3 is 2.87 bits per heavy atom. The second-order valence-corrected chi connectivity index (χ2v) is 3.30. The molecular formula is C12H10N2O. The molecule has 1 heterocycles. The largest absolute Gasteiger partial charge is 0.346 e. The number of nitriles is 1. The van der Waals surface area contributed by atoms with E-state index in [9.17, 15) is 4.79 Å². The summed E-state index contributed by atoms with van der Waals surface area (Å²) in [6, 6.07) is 11.1. The minimum absolute atomic E-state index is 0.0267. The molecule has 2 aromatic rings. The first-order chi connectivity index (χ1) is 7.33. The Morgan fingerprint density at radius 2 is 2.07 bits per heavy atom. The number of fused-ring (bicyclic) bond motifs is 1. The van der Waals surface area contributed by atoms with Crippen LogP contribution in [0.4, 0.5) is 0 Å². The average Bonchev–Trinajstić information content (AvgIpc) is 2.29. The van der Waals surface area contributed by atoms with E-state index in [1.165, 1.54) is 0 Å². The van der Waals surface area contributed by atoms with Crippen molar-refractivity contribution in [3.8, 4) is 6.07 Å². The maximum absolute atomic E-state index is 11.5. The number of aryl methyl sites for hydroxylation is 1. The van der Waals surface area contributed by atoms with E-state index in [1.807, 2.05) is 22.8 Å². The Morgan fingerprint density at radius 1 is 1.27 bits per heavy atom. The van der Waals surface area contributed by atoms with E-state index in [4.69, 9.17) is 5.26 Å². The summed E-state index contributed by atoms with van der Waals surface area (Å²) in [4.78, 5) is 11.5. The average molecular weight is 198 g/mol. The van der Waals surface area contributed by atoms with E-state index in [1.54, 1.807) is 18.3 Å². The zero-order valence-corrected chi connectivity index (χ0v) is 8.18. The lowest BCUT2D eigenvalue weighted by atomic mass is 10.2. The lowest BCUT2D eigenvalue weighted by molar-refractivity contribution is 0.737. The van der Waals surface area contributed by atoms with Crippen LogP contribution >= 0.6 is 0 Å². The molecule has 0 aliphatic rings. The summed E-state index contributed by atoms with van der Waals surface area (Å²) in [6.45, 7) is 0.622. The van der Waals surface area contributed by atoms with Crippen LogP contribution in [0.5, 0.6) is 0 Å². The van der Waals surface area contributed by atoms with Gasteiger partial charge in [0.2, 0.25) is 0 Å². The molecule has 0 radical (unpaired) electrons. The molecule has 0 aliphatic carbocycles. The van der Waals surface area contributed by atoms with Crippen molar-refractivity contribution in [3.05, 3.63) is 46.8 Å². The molecule has 0 saturated carbocycles. The van der Waals surface area contributed by atoms with Crippen molar-refractivity contribution in [1.29, 1.82) is 5.26 Å². The van der Waals surface area contributed by atoms with Gasteiger partial charge in [0.1, 0.15) is 0 Å². The van der Waals surface area contributed by atoms with E-state index in [0.29, 0.717) is 18.4 Å². The molecule has 0 fully saturated rings. The Balaban J connectivity index is 2.62. The maximum Gasteiger partial charge on any atom is 0.189 e. The number of benzene rings is 1. The van der Waals surface area contributed by atoms with Crippen LogP contribution < -0.4 is 5.43 Å². The topological polar surface area (TPSA) is 45.8 Å². The standard InChI is InChI=1S/C12H10N2O/c13-7-3-8-14-9-6-12(15)10-4-1-2-5-11(10)14/h1-2,4-6,9H,3,8H2. The molecule has 0 spiro atoms. The number of nitrogens with zero attached hydrogens (tertiary/aromatic N) is 2. The minimum Gasteiger partial charge on any atom is -0.346 e. The third-order valence-corrected chi connectivity index (χ3v) is 2.35. The Kier molecular flexibility index (Phi) is 2.51. The van der Waals surface area contributed by atoms with E-state index >= 15 is 0 Å². The van der Waals surface area contributed by atoms with Crippen molar-refractivity contribution < 1.29 is 0 Å². The van der Waals surface area contributed by atoms with Gasteiger partial charge in [-0.2, -0.15) is 5.26 Å². The molecule has 3 heteroatoms. The summed E-state index contributed by atoms with van der Waals surface area (Å²) in [7, 11) is 0. The third kappa shape index (κ3) is 1.75. The Labute approximate surface area is 87.2 Å². The molecule has 0 bridgehead atoms. The van der Waals surface area contributed by atoms with Crippen LogP contribution in [-0.2, 0) is 6.54 Å². The molecule has 0 amide bonds. The number of para-hydroxylation sites is 1. The molecule has 15 heavy (non-hydrogen) atoms. The van der Waals surface area contributed by atoms with Crippen molar-refractivity contribution in [3.63, 3.8) is 0 Å². The predicted octanol–water partition coefficient (Wildman–Crippen LogP) is 1.92. The highest BCUT2D eigenvalue weighted by Crippen LogP contribution is 2.09. The molecule has 1 aromatic heterocycles. The van der Waals surface area contributed by atoms with Gasteiger partial charge in [0.25, 0.3) is 0 Å². The molecular weight excluding hydrogens is 188 g/mol. The summed E-state index contributed by atoms with van der Waals surface area (Å²) in [5.74, 6) is 0. The van der Waals surface area contributed by atoms with Crippen molar-refractivity contribution >= 4 is 10.9 Å². The van der Waals surface area contributed by atoms with Gasteiger partial charge in [0, 0.05) is 24.2 Å². The van der Waals surface area contributed by atoms with Crippen molar-refractivity contribution in [2.75, 3.05) is 0 Å². The van der Waals surface area contributed by atoms with Gasteiger partial charge in [-0.1, -0.05) is 12.1 Å². The van der Waals surface area contributed by atoms with E-state index in [-0.39, 0.29) is 5.43 Å². The highest BCUT2D eigenvalue weighted by molar-refractivity contribution is 5.78. The highest BCUT2D eigenvalue weighted by atomic mass is 16.1. The first-order valence-electron chi connectivity index (χ1n) is 4.78. The Bertz CT molecular complexity index is 578. The van der Waals surface area contributed by atoms with E-state index in [2.05, 4.69) is 6.07 Å². The van der Waals surface area contributed by atoms with Gasteiger partial charge in [0.05, 0.1) is 18.0 Å². The summed E-state index contributed by atoms with van der Waals surface area (Å²) < 4.78 is 1.93. The molecule has 1 aromatic carbocycles. The molecule has 2 rings (SSSR count). The molecule has 0 atom stereocenters. The first kappa shape index (κ1) is 9.47. The normalized spacial score (nSPS) is 10.1. The van der Waals surface area contributed by atoms with Gasteiger partial charge < -0.3 is 4.57 Å². The van der Waals surface area contributed by atoms with Crippen LogP contribution in [0.25, 0.3) is 10.9 Å². The fourth-order valence-corrected chi connectivity index (χ4v) is 1.63. The van der Waals surface area contributed by atoms with Gasteiger partial charge in [0.15, 0.2) is 5.43 Å². The number of rotatable bonds is 2. The summed E-state index contributed by atoms with van der Waals surface area (Å²) >= 11 is 0. The Hall–Kier alpha value is -2.08. The SMILES string of the molecule is N#CCCn1ccc(=O)c2ccccc21. The molecule has 0 saturated heterocycles. The molecule has 0 aliphatic heterocycles. The molecule has 3 nitrogen and oxygen atoms in total. The second-order valence-electron chi connectivity index (χ2n) is 3.30. The first-order valence-corrected chi connectivity index (χ1v) is 4.78. The van der Waals surface area contributed by atoms with Crippen LogP contribution in [0.3, 0.4) is 0 Å². The van der Waals surface area contributed by atoms with Gasteiger partial charge in [-0.15, -0.1) is 0 Å². The number of aromatic nitrogens is 1. The van der Waals surface area contributed by atoms with Gasteiger partial charge in [-0.05, 0) is 12.1 Å². The van der Waals surface area contributed by atoms with Crippen LogP contribution in [-0.4, -0.2) is 4.57 Å².